The van der Waals surface area contributed by atoms with E-state index < -0.39 is 12.0 Å². The number of nitrogens with two attached hydrogens (primary N) is 1. The lowest BCUT2D eigenvalue weighted by atomic mass is 9.93. The molecule has 0 saturated carbocycles. The van der Waals surface area contributed by atoms with Crippen LogP contribution in [-0.4, -0.2) is 36.1 Å². The average molecular weight is 250 g/mol. The Hall–Kier alpha value is -1.39. The van der Waals surface area contributed by atoms with Crippen molar-refractivity contribution in [1.29, 1.82) is 0 Å². The van der Waals surface area contributed by atoms with Gasteiger partial charge in [0.05, 0.1) is 0 Å². The Balaban J connectivity index is 3.04. The highest BCUT2D eigenvalue weighted by molar-refractivity contribution is 5.73. The lowest BCUT2D eigenvalue weighted by Crippen LogP contribution is -2.35. The number of carbonyl (C=O) groups is 1. The molecule has 1 rings (SSSR count). The summed E-state index contributed by atoms with van der Waals surface area (Å²) in [4.78, 5) is 12.9. The molecule has 1 aromatic carbocycles. The van der Waals surface area contributed by atoms with E-state index in [1.165, 1.54) is 5.56 Å². The highest BCUT2D eigenvalue weighted by Crippen LogP contribution is 2.27. The topological polar surface area (TPSA) is 66.6 Å². The van der Waals surface area contributed by atoms with Crippen LogP contribution in [0, 0.1) is 13.8 Å². The van der Waals surface area contributed by atoms with Crippen molar-refractivity contribution in [2.24, 2.45) is 5.73 Å². The molecule has 18 heavy (non-hydrogen) atoms. The Morgan fingerprint density at radius 1 is 1.39 bits per heavy atom. The molecule has 3 N–H and O–H groups in total. The van der Waals surface area contributed by atoms with Gasteiger partial charge in [0, 0.05) is 6.04 Å². The number of aliphatic carboxylic acids is 1. The SMILES string of the molecule is Cc1ccc(C)c(C(CC(N)C(=O)O)N(C)C)c1. The maximum absolute atomic E-state index is 10.9. The van der Waals surface area contributed by atoms with Gasteiger partial charge in [0.2, 0.25) is 0 Å². The van der Waals surface area contributed by atoms with E-state index in [0.717, 1.165) is 11.1 Å². The largest absolute Gasteiger partial charge is 0.480 e. The van der Waals surface area contributed by atoms with Gasteiger partial charge in [-0.25, -0.2) is 0 Å². The second-order valence-corrected chi connectivity index (χ2v) is 5.02. The van der Waals surface area contributed by atoms with Gasteiger partial charge in [0.15, 0.2) is 0 Å². The van der Waals surface area contributed by atoms with Crippen molar-refractivity contribution in [3.63, 3.8) is 0 Å². The van der Waals surface area contributed by atoms with Crippen molar-refractivity contribution in [2.75, 3.05) is 14.1 Å². The lowest BCUT2D eigenvalue weighted by molar-refractivity contribution is -0.139. The summed E-state index contributed by atoms with van der Waals surface area (Å²) in [5.41, 5.74) is 9.14. The molecule has 0 aromatic heterocycles. The summed E-state index contributed by atoms with van der Waals surface area (Å²) in [6, 6.07) is 5.42. The van der Waals surface area contributed by atoms with Crippen LogP contribution in [0.4, 0.5) is 0 Å². The first-order valence-corrected chi connectivity index (χ1v) is 6.05. The second kappa shape index (κ2) is 5.98. The van der Waals surface area contributed by atoms with Crippen LogP contribution >= 0.6 is 0 Å². The first-order chi connectivity index (χ1) is 8.32. The van der Waals surface area contributed by atoms with Gasteiger partial charge in [-0.15, -0.1) is 0 Å². The summed E-state index contributed by atoms with van der Waals surface area (Å²) in [6.07, 6.45) is 0.409. The molecule has 0 heterocycles. The predicted octanol–water partition coefficient (Wildman–Crippen LogP) is 1.71. The fourth-order valence-corrected chi connectivity index (χ4v) is 2.08. The minimum Gasteiger partial charge on any atom is -0.480 e. The maximum Gasteiger partial charge on any atom is 0.320 e. The van der Waals surface area contributed by atoms with Crippen molar-refractivity contribution >= 4 is 5.97 Å². The van der Waals surface area contributed by atoms with Crippen LogP contribution in [0.15, 0.2) is 18.2 Å². The number of hydrogen-bond acceptors (Lipinski definition) is 3. The maximum atomic E-state index is 10.9. The molecule has 0 aliphatic carbocycles. The molecule has 2 unspecified atom stereocenters. The van der Waals surface area contributed by atoms with Crippen molar-refractivity contribution in [3.05, 3.63) is 34.9 Å². The average Bonchev–Trinajstić information content (AvgIpc) is 2.28. The monoisotopic (exact) mass is 250 g/mol. The number of hydrogen-bond donors (Lipinski definition) is 2. The molecular formula is C14H22N2O2. The molecule has 0 radical (unpaired) electrons. The summed E-state index contributed by atoms with van der Waals surface area (Å²) in [5.74, 6) is -0.952. The quantitative estimate of drug-likeness (QED) is 0.835. The molecule has 4 nitrogen and oxygen atoms in total. The molecule has 1 aromatic rings. The Morgan fingerprint density at radius 2 is 2.00 bits per heavy atom. The lowest BCUT2D eigenvalue weighted by Gasteiger charge is -2.28. The molecule has 0 fully saturated rings. The zero-order chi connectivity index (χ0) is 13.9. The van der Waals surface area contributed by atoms with Gasteiger partial charge in [-0.1, -0.05) is 23.8 Å². The number of carboxylic acids is 1. The van der Waals surface area contributed by atoms with Gasteiger partial charge in [-0.05, 0) is 45.5 Å². The smallest absolute Gasteiger partial charge is 0.320 e. The first kappa shape index (κ1) is 14.7. The first-order valence-electron chi connectivity index (χ1n) is 6.05. The van der Waals surface area contributed by atoms with Gasteiger partial charge in [0.25, 0.3) is 0 Å². The number of carboxylic acid groups (broad SMARTS) is 1. The Morgan fingerprint density at radius 3 is 2.50 bits per heavy atom. The van der Waals surface area contributed by atoms with Gasteiger partial charge < -0.3 is 15.7 Å². The number of rotatable bonds is 5. The van der Waals surface area contributed by atoms with Crippen molar-refractivity contribution < 1.29 is 9.90 Å². The third kappa shape index (κ3) is 3.55. The zero-order valence-corrected chi connectivity index (χ0v) is 11.5. The summed E-state index contributed by atoms with van der Waals surface area (Å²) in [5, 5.41) is 8.94. The van der Waals surface area contributed by atoms with E-state index >= 15 is 0 Å². The molecule has 0 saturated heterocycles. The van der Waals surface area contributed by atoms with E-state index in [-0.39, 0.29) is 6.04 Å². The Labute approximate surface area is 108 Å². The van der Waals surface area contributed by atoms with E-state index in [9.17, 15) is 4.79 Å². The zero-order valence-electron chi connectivity index (χ0n) is 11.5. The van der Waals surface area contributed by atoms with Crippen LogP contribution in [0.25, 0.3) is 0 Å². The van der Waals surface area contributed by atoms with E-state index in [4.69, 9.17) is 10.8 Å². The summed E-state index contributed by atoms with van der Waals surface area (Å²) in [6.45, 7) is 4.07. The molecule has 4 heteroatoms. The molecule has 0 aliphatic heterocycles. The second-order valence-electron chi connectivity index (χ2n) is 5.02. The minimum absolute atomic E-state index is 0.0241. The predicted molar refractivity (Wildman–Crippen MR) is 72.6 cm³/mol. The highest BCUT2D eigenvalue weighted by Gasteiger charge is 2.23. The van der Waals surface area contributed by atoms with Crippen LogP contribution in [0.3, 0.4) is 0 Å². The molecule has 100 valence electrons. The summed E-state index contributed by atoms with van der Waals surface area (Å²) >= 11 is 0. The van der Waals surface area contributed by atoms with Crippen molar-refractivity contribution in [1.82, 2.24) is 4.90 Å². The van der Waals surface area contributed by atoms with E-state index in [2.05, 4.69) is 18.2 Å². The number of aryl methyl sites for hydroxylation is 2. The Bertz CT molecular complexity index is 430. The van der Waals surface area contributed by atoms with Gasteiger partial charge in [-0.2, -0.15) is 0 Å². The fraction of sp³-hybridized carbons (Fsp3) is 0.500. The number of nitrogens with zero attached hydrogens (tertiary/aromatic N) is 1. The van der Waals surface area contributed by atoms with E-state index in [1.807, 2.05) is 32.8 Å². The fourth-order valence-electron chi connectivity index (χ4n) is 2.08. The van der Waals surface area contributed by atoms with Gasteiger partial charge in [0.1, 0.15) is 6.04 Å². The van der Waals surface area contributed by atoms with E-state index in [1.54, 1.807) is 0 Å². The third-order valence-electron chi connectivity index (χ3n) is 3.21. The summed E-state index contributed by atoms with van der Waals surface area (Å²) in [7, 11) is 3.89. The van der Waals surface area contributed by atoms with Crippen LogP contribution < -0.4 is 5.73 Å². The van der Waals surface area contributed by atoms with E-state index in [0.29, 0.717) is 6.42 Å². The molecule has 0 amide bonds. The third-order valence-corrected chi connectivity index (χ3v) is 3.21. The molecule has 0 bridgehead atoms. The Kier molecular flexibility index (Phi) is 4.87. The highest BCUT2D eigenvalue weighted by atomic mass is 16.4. The van der Waals surface area contributed by atoms with Crippen LogP contribution in [0.2, 0.25) is 0 Å². The van der Waals surface area contributed by atoms with Gasteiger partial charge in [-0.3, -0.25) is 4.79 Å². The molecule has 0 spiro atoms. The van der Waals surface area contributed by atoms with Crippen molar-refractivity contribution in [3.8, 4) is 0 Å². The minimum atomic E-state index is -0.952. The molecule has 0 aliphatic rings. The van der Waals surface area contributed by atoms with Crippen molar-refractivity contribution in [2.45, 2.75) is 32.4 Å². The number of benzene rings is 1. The van der Waals surface area contributed by atoms with Crippen LogP contribution in [0.5, 0.6) is 0 Å². The van der Waals surface area contributed by atoms with Crippen LogP contribution in [-0.2, 0) is 4.79 Å². The normalized spacial score (nSPS) is 14.6. The summed E-state index contributed by atoms with van der Waals surface area (Å²) < 4.78 is 0. The van der Waals surface area contributed by atoms with Crippen LogP contribution in [0.1, 0.15) is 29.2 Å². The molecule has 2 atom stereocenters. The standard InChI is InChI=1S/C14H22N2O2/c1-9-5-6-10(2)11(7-9)13(16(3)4)8-12(15)14(17)18/h5-7,12-13H,8,15H2,1-4H3,(H,17,18). The molecular weight excluding hydrogens is 228 g/mol. The van der Waals surface area contributed by atoms with Gasteiger partial charge >= 0.3 is 5.97 Å².